The Morgan fingerprint density at radius 3 is 2.37 bits per heavy atom. The van der Waals surface area contributed by atoms with E-state index >= 15 is 0 Å². The Morgan fingerprint density at radius 1 is 0.967 bits per heavy atom. The maximum absolute atomic E-state index is 12.6. The SMILES string of the molecule is O=C(CN1C(=O)NC(=Cc2ccc(N3CCCCC3)cc2)C1=O)Nc1ccccc1. The molecule has 2 aliphatic heterocycles. The van der Waals surface area contributed by atoms with E-state index in [2.05, 4.69) is 15.5 Å². The molecule has 2 fully saturated rings. The largest absolute Gasteiger partial charge is 0.372 e. The van der Waals surface area contributed by atoms with Crippen LogP contribution < -0.4 is 15.5 Å². The number of hydrogen-bond acceptors (Lipinski definition) is 4. The first-order valence-electron chi connectivity index (χ1n) is 10.1. The standard InChI is InChI=1S/C23H24N4O3/c28-21(24-18-7-3-1-4-8-18)16-27-22(29)20(25-23(27)30)15-17-9-11-19(12-10-17)26-13-5-2-6-14-26/h1,3-4,7-12,15H,2,5-6,13-14,16H2,(H,24,28)(H,25,30). The Bertz CT molecular complexity index is 964. The number of rotatable bonds is 5. The summed E-state index contributed by atoms with van der Waals surface area (Å²) in [5, 5.41) is 5.23. The van der Waals surface area contributed by atoms with Crippen molar-refractivity contribution in [1.29, 1.82) is 0 Å². The first kappa shape index (κ1) is 19.7. The third-order valence-corrected chi connectivity index (χ3v) is 5.25. The molecule has 0 atom stereocenters. The summed E-state index contributed by atoms with van der Waals surface area (Å²) in [6, 6.07) is 16.2. The van der Waals surface area contributed by atoms with Crippen LogP contribution >= 0.6 is 0 Å². The third kappa shape index (κ3) is 4.51. The monoisotopic (exact) mass is 404 g/mol. The molecule has 2 N–H and O–H groups in total. The molecule has 4 rings (SSSR count). The highest BCUT2D eigenvalue weighted by Gasteiger charge is 2.34. The number of amides is 4. The maximum Gasteiger partial charge on any atom is 0.329 e. The van der Waals surface area contributed by atoms with Gasteiger partial charge >= 0.3 is 6.03 Å². The van der Waals surface area contributed by atoms with Gasteiger partial charge in [0.05, 0.1) is 0 Å². The van der Waals surface area contributed by atoms with Crippen molar-refractivity contribution < 1.29 is 14.4 Å². The summed E-state index contributed by atoms with van der Waals surface area (Å²) in [5.74, 6) is -0.944. The van der Waals surface area contributed by atoms with Crippen LogP contribution in [0.2, 0.25) is 0 Å². The number of benzene rings is 2. The zero-order valence-electron chi connectivity index (χ0n) is 16.6. The van der Waals surface area contributed by atoms with Crippen LogP contribution in [0, 0.1) is 0 Å². The Morgan fingerprint density at radius 2 is 1.67 bits per heavy atom. The second kappa shape index (κ2) is 8.82. The van der Waals surface area contributed by atoms with Gasteiger partial charge in [-0.1, -0.05) is 30.3 Å². The number of imide groups is 1. The Labute approximate surface area is 175 Å². The Hall–Kier alpha value is -3.61. The molecule has 2 saturated heterocycles. The van der Waals surface area contributed by atoms with Gasteiger partial charge in [-0.05, 0) is 55.2 Å². The summed E-state index contributed by atoms with van der Waals surface area (Å²) < 4.78 is 0. The first-order valence-corrected chi connectivity index (χ1v) is 10.1. The summed E-state index contributed by atoms with van der Waals surface area (Å²) in [7, 11) is 0. The summed E-state index contributed by atoms with van der Waals surface area (Å²) in [5.41, 5.74) is 2.75. The number of carbonyl (C=O) groups excluding carboxylic acids is 3. The molecular weight excluding hydrogens is 380 g/mol. The average molecular weight is 404 g/mol. The van der Waals surface area contributed by atoms with Gasteiger partial charge < -0.3 is 15.5 Å². The van der Waals surface area contributed by atoms with Gasteiger partial charge in [-0.3, -0.25) is 9.59 Å². The van der Waals surface area contributed by atoms with Crippen LogP contribution in [0.1, 0.15) is 24.8 Å². The summed E-state index contributed by atoms with van der Waals surface area (Å²) >= 11 is 0. The van der Waals surface area contributed by atoms with Crippen LogP contribution in [-0.2, 0) is 9.59 Å². The van der Waals surface area contributed by atoms with E-state index in [1.54, 1.807) is 30.3 Å². The molecule has 4 amide bonds. The van der Waals surface area contributed by atoms with Gasteiger partial charge in [0.15, 0.2) is 0 Å². The number of anilines is 2. The zero-order valence-corrected chi connectivity index (χ0v) is 16.6. The maximum atomic E-state index is 12.6. The molecule has 2 aromatic rings. The fourth-order valence-electron chi connectivity index (χ4n) is 3.68. The van der Waals surface area contributed by atoms with Gasteiger partial charge in [0.25, 0.3) is 5.91 Å². The van der Waals surface area contributed by atoms with Gasteiger partial charge in [0.2, 0.25) is 5.91 Å². The Balaban J connectivity index is 1.40. The lowest BCUT2D eigenvalue weighted by atomic mass is 10.1. The van der Waals surface area contributed by atoms with Crippen molar-refractivity contribution in [2.75, 3.05) is 29.9 Å². The van der Waals surface area contributed by atoms with E-state index in [0.717, 1.165) is 29.2 Å². The third-order valence-electron chi connectivity index (χ3n) is 5.25. The second-order valence-electron chi connectivity index (χ2n) is 7.43. The lowest BCUT2D eigenvalue weighted by Crippen LogP contribution is -2.38. The first-order chi connectivity index (χ1) is 14.6. The molecule has 0 radical (unpaired) electrons. The van der Waals surface area contributed by atoms with Crippen molar-refractivity contribution in [2.24, 2.45) is 0 Å². The van der Waals surface area contributed by atoms with Crippen molar-refractivity contribution in [2.45, 2.75) is 19.3 Å². The van der Waals surface area contributed by atoms with Crippen LogP contribution in [0.15, 0.2) is 60.3 Å². The molecule has 2 heterocycles. The number of urea groups is 1. The van der Waals surface area contributed by atoms with Crippen molar-refractivity contribution >= 4 is 35.3 Å². The molecule has 7 heteroatoms. The molecule has 0 unspecified atom stereocenters. The number of piperidine rings is 1. The van der Waals surface area contributed by atoms with E-state index in [1.807, 2.05) is 30.3 Å². The predicted molar refractivity (Wildman–Crippen MR) is 116 cm³/mol. The molecule has 0 spiro atoms. The number of carbonyl (C=O) groups is 3. The van der Waals surface area contributed by atoms with Crippen LogP contribution in [0.5, 0.6) is 0 Å². The fraction of sp³-hybridized carbons (Fsp3) is 0.261. The van der Waals surface area contributed by atoms with Crippen molar-refractivity contribution in [1.82, 2.24) is 10.2 Å². The topological polar surface area (TPSA) is 81.8 Å². The van der Waals surface area contributed by atoms with Gasteiger partial charge in [-0.15, -0.1) is 0 Å². The number of hydrogen-bond donors (Lipinski definition) is 2. The molecule has 0 aliphatic carbocycles. The molecule has 154 valence electrons. The second-order valence-corrected chi connectivity index (χ2v) is 7.43. The molecule has 2 aromatic carbocycles. The Kier molecular flexibility index (Phi) is 5.79. The molecular formula is C23H24N4O3. The minimum absolute atomic E-state index is 0.165. The highest BCUT2D eigenvalue weighted by Crippen LogP contribution is 2.22. The minimum atomic E-state index is -0.598. The minimum Gasteiger partial charge on any atom is -0.372 e. The van der Waals surface area contributed by atoms with Crippen LogP contribution in [0.25, 0.3) is 6.08 Å². The van der Waals surface area contributed by atoms with Crippen LogP contribution in [0.4, 0.5) is 16.2 Å². The smallest absolute Gasteiger partial charge is 0.329 e. The fourth-order valence-corrected chi connectivity index (χ4v) is 3.68. The van der Waals surface area contributed by atoms with Gasteiger partial charge in [-0.2, -0.15) is 0 Å². The van der Waals surface area contributed by atoms with Crippen LogP contribution in [-0.4, -0.2) is 42.4 Å². The molecule has 7 nitrogen and oxygen atoms in total. The van der Waals surface area contributed by atoms with Crippen molar-refractivity contribution in [3.8, 4) is 0 Å². The van der Waals surface area contributed by atoms with Crippen LogP contribution in [0.3, 0.4) is 0 Å². The predicted octanol–water partition coefficient (Wildman–Crippen LogP) is 3.21. The molecule has 0 aromatic heterocycles. The van der Waals surface area contributed by atoms with E-state index in [9.17, 15) is 14.4 Å². The van der Waals surface area contributed by atoms with E-state index in [0.29, 0.717) is 5.69 Å². The molecule has 0 bridgehead atoms. The van der Waals surface area contributed by atoms with Gasteiger partial charge in [0, 0.05) is 24.5 Å². The van der Waals surface area contributed by atoms with E-state index in [-0.39, 0.29) is 12.2 Å². The molecule has 0 saturated carbocycles. The number of para-hydroxylation sites is 1. The highest BCUT2D eigenvalue weighted by atomic mass is 16.2. The lowest BCUT2D eigenvalue weighted by molar-refractivity contribution is -0.127. The van der Waals surface area contributed by atoms with Gasteiger partial charge in [0.1, 0.15) is 12.2 Å². The van der Waals surface area contributed by atoms with E-state index in [4.69, 9.17) is 0 Å². The van der Waals surface area contributed by atoms with E-state index < -0.39 is 17.8 Å². The lowest BCUT2D eigenvalue weighted by Gasteiger charge is -2.28. The average Bonchev–Trinajstić information content (AvgIpc) is 3.03. The normalized spacial score (nSPS) is 17.9. The van der Waals surface area contributed by atoms with Gasteiger partial charge in [-0.25, -0.2) is 9.69 Å². The highest BCUT2D eigenvalue weighted by molar-refractivity contribution is 6.15. The quantitative estimate of drug-likeness (QED) is 0.592. The number of nitrogens with one attached hydrogen (secondary N) is 2. The van der Waals surface area contributed by atoms with Crippen molar-refractivity contribution in [3.05, 3.63) is 65.9 Å². The zero-order chi connectivity index (χ0) is 20.9. The molecule has 30 heavy (non-hydrogen) atoms. The van der Waals surface area contributed by atoms with E-state index in [1.165, 1.54) is 19.3 Å². The summed E-state index contributed by atoms with van der Waals surface area (Å²) in [4.78, 5) is 40.3. The van der Waals surface area contributed by atoms with Crippen molar-refractivity contribution in [3.63, 3.8) is 0 Å². The molecule has 2 aliphatic rings. The summed E-state index contributed by atoms with van der Waals surface area (Å²) in [6.07, 6.45) is 5.33. The number of nitrogens with zero attached hydrogens (tertiary/aromatic N) is 2. The summed E-state index contributed by atoms with van der Waals surface area (Å²) in [6.45, 7) is 1.79.